The molecule has 0 aliphatic rings. The average Bonchev–Trinajstić information content (AvgIpc) is 3.19. The Hall–Kier alpha value is -3.39. The fourth-order valence-corrected chi connectivity index (χ4v) is 3.97. The minimum Gasteiger partial charge on any atom is -0.492 e. The minimum atomic E-state index is -1.08. The van der Waals surface area contributed by atoms with Gasteiger partial charge >= 0.3 is 0 Å². The van der Waals surface area contributed by atoms with Gasteiger partial charge in [-0.3, -0.25) is 14.7 Å². The van der Waals surface area contributed by atoms with Crippen molar-refractivity contribution in [2.45, 2.75) is 13.5 Å². The maximum Gasteiger partial charge on any atom is 0.260 e. The summed E-state index contributed by atoms with van der Waals surface area (Å²) in [4.78, 5) is 23.4. The number of halogens is 2. The van der Waals surface area contributed by atoms with Crippen LogP contribution < -0.4 is 9.64 Å². The zero-order valence-electron chi connectivity index (χ0n) is 16.0. The molecule has 0 spiro atoms. The molecule has 8 heteroatoms. The summed E-state index contributed by atoms with van der Waals surface area (Å²) in [6, 6.07) is 12.3. The van der Waals surface area contributed by atoms with Gasteiger partial charge in [-0.15, -0.1) is 0 Å². The molecule has 0 aliphatic carbocycles. The Morgan fingerprint density at radius 2 is 2.00 bits per heavy atom. The molecule has 1 amide bonds. The molecule has 0 aliphatic heterocycles. The fraction of sp³-hybridized carbons (Fsp3) is 0.136. The summed E-state index contributed by atoms with van der Waals surface area (Å²) in [5.41, 5.74) is 1.45. The van der Waals surface area contributed by atoms with E-state index < -0.39 is 17.5 Å². The van der Waals surface area contributed by atoms with Crippen LogP contribution in [0.1, 0.15) is 22.8 Å². The largest absolute Gasteiger partial charge is 0.492 e. The summed E-state index contributed by atoms with van der Waals surface area (Å²) in [7, 11) is 0. The standard InChI is InChI=1S/C22H17F2N3O2S/c1-2-29-18-6-3-7-19-20(18)26-22(30-19)27(13-14-5-4-10-25-12-14)21(28)15-8-9-16(23)17(24)11-15/h3-12H,2,13H2,1H3. The number of pyridine rings is 1. The van der Waals surface area contributed by atoms with Crippen molar-refractivity contribution in [3.05, 3.63) is 83.7 Å². The highest BCUT2D eigenvalue weighted by Gasteiger charge is 2.23. The van der Waals surface area contributed by atoms with Gasteiger partial charge in [0.2, 0.25) is 0 Å². The fourth-order valence-electron chi connectivity index (χ4n) is 2.98. The van der Waals surface area contributed by atoms with Gasteiger partial charge in [0, 0.05) is 18.0 Å². The first-order chi connectivity index (χ1) is 14.6. The number of para-hydroxylation sites is 1. The van der Waals surface area contributed by atoms with Crippen LogP contribution in [0.3, 0.4) is 0 Å². The smallest absolute Gasteiger partial charge is 0.260 e. The molecule has 0 N–H and O–H groups in total. The van der Waals surface area contributed by atoms with Crippen LogP contribution in [-0.2, 0) is 6.54 Å². The van der Waals surface area contributed by atoms with Gasteiger partial charge < -0.3 is 4.74 Å². The molecule has 4 aromatic rings. The second-order valence-electron chi connectivity index (χ2n) is 6.41. The Labute approximate surface area is 175 Å². The number of carbonyl (C=O) groups excluding carboxylic acids is 1. The molecule has 2 aromatic heterocycles. The number of benzene rings is 2. The van der Waals surface area contributed by atoms with Crippen molar-refractivity contribution < 1.29 is 18.3 Å². The van der Waals surface area contributed by atoms with Gasteiger partial charge in [0.1, 0.15) is 11.3 Å². The number of aromatic nitrogens is 2. The van der Waals surface area contributed by atoms with Gasteiger partial charge in [-0.05, 0) is 48.9 Å². The predicted octanol–water partition coefficient (Wildman–Crippen LogP) is 5.22. The van der Waals surface area contributed by atoms with Crippen molar-refractivity contribution in [2.24, 2.45) is 0 Å². The van der Waals surface area contributed by atoms with E-state index in [0.29, 0.717) is 23.0 Å². The van der Waals surface area contributed by atoms with Crippen molar-refractivity contribution in [1.29, 1.82) is 0 Å². The molecule has 30 heavy (non-hydrogen) atoms. The van der Waals surface area contributed by atoms with Crippen LogP contribution in [-0.4, -0.2) is 22.5 Å². The Morgan fingerprint density at radius 3 is 2.73 bits per heavy atom. The lowest BCUT2D eigenvalue weighted by atomic mass is 10.1. The maximum absolute atomic E-state index is 13.8. The number of thiazole rings is 1. The average molecular weight is 425 g/mol. The van der Waals surface area contributed by atoms with E-state index in [0.717, 1.165) is 22.4 Å². The predicted molar refractivity (Wildman–Crippen MR) is 112 cm³/mol. The van der Waals surface area contributed by atoms with E-state index in [2.05, 4.69) is 9.97 Å². The third-order valence-electron chi connectivity index (χ3n) is 4.38. The van der Waals surface area contributed by atoms with Crippen LogP contribution in [0.15, 0.2) is 60.9 Å². The Bertz CT molecular complexity index is 1200. The number of nitrogens with zero attached hydrogens (tertiary/aromatic N) is 3. The van der Waals surface area contributed by atoms with Crippen LogP contribution in [0.2, 0.25) is 0 Å². The first-order valence-corrected chi connectivity index (χ1v) is 10.1. The van der Waals surface area contributed by atoms with Crippen LogP contribution in [0.25, 0.3) is 10.2 Å². The van der Waals surface area contributed by atoms with Crippen molar-refractivity contribution in [1.82, 2.24) is 9.97 Å². The molecular formula is C22H17F2N3O2S. The van der Waals surface area contributed by atoms with Crippen LogP contribution in [0.5, 0.6) is 5.75 Å². The molecule has 0 radical (unpaired) electrons. The number of amides is 1. The van der Waals surface area contributed by atoms with Crippen molar-refractivity contribution >= 4 is 32.6 Å². The highest BCUT2D eigenvalue weighted by molar-refractivity contribution is 7.22. The summed E-state index contributed by atoms with van der Waals surface area (Å²) in [5, 5.41) is 0.427. The molecule has 4 rings (SSSR count). The highest BCUT2D eigenvalue weighted by atomic mass is 32.1. The van der Waals surface area contributed by atoms with Crippen molar-refractivity contribution in [3.8, 4) is 5.75 Å². The number of hydrogen-bond donors (Lipinski definition) is 0. The minimum absolute atomic E-state index is 0.0297. The zero-order valence-corrected chi connectivity index (χ0v) is 16.8. The van der Waals surface area contributed by atoms with E-state index >= 15 is 0 Å². The van der Waals surface area contributed by atoms with E-state index in [-0.39, 0.29) is 12.1 Å². The molecule has 0 atom stereocenters. The molecule has 0 fully saturated rings. The van der Waals surface area contributed by atoms with E-state index in [1.807, 2.05) is 31.2 Å². The van der Waals surface area contributed by atoms with Gasteiger partial charge in [0.25, 0.3) is 5.91 Å². The van der Waals surface area contributed by atoms with E-state index in [4.69, 9.17) is 4.74 Å². The lowest BCUT2D eigenvalue weighted by Gasteiger charge is -2.20. The molecular weight excluding hydrogens is 408 g/mol. The number of fused-ring (bicyclic) bond motifs is 1. The topological polar surface area (TPSA) is 55.3 Å². The molecule has 0 unspecified atom stereocenters. The second kappa shape index (κ2) is 8.54. The third kappa shape index (κ3) is 3.99. The first-order valence-electron chi connectivity index (χ1n) is 9.25. The molecule has 0 saturated heterocycles. The summed E-state index contributed by atoms with van der Waals surface area (Å²) >= 11 is 1.32. The Balaban J connectivity index is 1.79. The van der Waals surface area contributed by atoms with Gasteiger partial charge in [-0.25, -0.2) is 13.8 Å². The number of hydrogen-bond acceptors (Lipinski definition) is 5. The quantitative estimate of drug-likeness (QED) is 0.425. The van der Waals surface area contributed by atoms with Gasteiger partial charge in [-0.1, -0.05) is 23.5 Å². The molecule has 2 aromatic carbocycles. The number of anilines is 1. The maximum atomic E-state index is 13.8. The van der Waals surface area contributed by atoms with Crippen LogP contribution >= 0.6 is 11.3 Å². The van der Waals surface area contributed by atoms with Gasteiger partial charge in [-0.2, -0.15) is 0 Å². The summed E-state index contributed by atoms with van der Waals surface area (Å²) < 4.78 is 33.6. The second-order valence-corrected chi connectivity index (χ2v) is 7.42. The summed E-state index contributed by atoms with van der Waals surface area (Å²) in [6.07, 6.45) is 3.28. The number of carbonyl (C=O) groups is 1. The molecule has 152 valence electrons. The first kappa shape index (κ1) is 19.9. The SMILES string of the molecule is CCOc1cccc2sc(N(Cc3cccnc3)C(=O)c3ccc(F)c(F)c3)nc12. The Morgan fingerprint density at radius 1 is 1.13 bits per heavy atom. The van der Waals surface area contributed by atoms with E-state index in [1.54, 1.807) is 18.5 Å². The molecule has 2 heterocycles. The van der Waals surface area contributed by atoms with Crippen LogP contribution in [0, 0.1) is 11.6 Å². The normalized spacial score (nSPS) is 10.9. The number of ether oxygens (including phenoxy) is 1. The van der Waals surface area contributed by atoms with Crippen LogP contribution in [0.4, 0.5) is 13.9 Å². The lowest BCUT2D eigenvalue weighted by molar-refractivity contribution is 0.0984. The summed E-state index contributed by atoms with van der Waals surface area (Å²) in [5.74, 6) is -1.95. The molecule has 0 saturated carbocycles. The number of rotatable bonds is 6. The van der Waals surface area contributed by atoms with Crippen molar-refractivity contribution in [2.75, 3.05) is 11.5 Å². The van der Waals surface area contributed by atoms with Crippen molar-refractivity contribution in [3.63, 3.8) is 0 Å². The zero-order chi connectivity index (χ0) is 21.1. The van der Waals surface area contributed by atoms with E-state index in [9.17, 15) is 13.6 Å². The molecule has 0 bridgehead atoms. The van der Waals surface area contributed by atoms with Gasteiger partial charge in [0.05, 0.1) is 17.9 Å². The van der Waals surface area contributed by atoms with E-state index in [1.165, 1.54) is 22.3 Å². The monoisotopic (exact) mass is 425 g/mol. The van der Waals surface area contributed by atoms with Gasteiger partial charge in [0.15, 0.2) is 16.8 Å². The summed E-state index contributed by atoms with van der Waals surface area (Å²) in [6.45, 7) is 2.54. The third-order valence-corrected chi connectivity index (χ3v) is 5.42. The lowest BCUT2D eigenvalue weighted by Crippen LogP contribution is -2.30. The molecule has 5 nitrogen and oxygen atoms in total. The Kier molecular flexibility index (Phi) is 5.67. The highest BCUT2D eigenvalue weighted by Crippen LogP contribution is 2.35.